The van der Waals surface area contributed by atoms with Crippen molar-refractivity contribution in [1.82, 2.24) is 9.97 Å². The van der Waals surface area contributed by atoms with Crippen LogP contribution >= 0.6 is 0 Å². The summed E-state index contributed by atoms with van der Waals surface area (Å²) in [4.78, 5) is 11.6. The van der Waals surface area contributed by atoms with Crippen LogP contribution in [0.2, 0.25) is 0 Å². The third-order valence-electron chi connectivity index (χ3n) is 6.10. The zero-order chi connectivity index (χ0) is 25.7. The Balaban J connectivity index is 1.81. The second-order valence-electron chi connectivity index (χ2n) is 8.38. The van der Waals surface area contributed by atoms with Gasteiger partial charge in [0.25, 0.3) is 0 Å². The molecule has 0 fully saturated rings. The third kappa shape index (κ3) is 5.28. The fourth-order valence-corrected chi connectivity index (χ4v) is 4.14. The Hall–Kier alpha value is -4.04. The topological polar surface area (TPSA) is 86.2 Å². The molecule has 0 radical (unpaired) electrons. The van der Waals surface area contributed by atoms with Crippen molar-refractivity contribution in [3.05, 3.63) is 77.0 Å². The maximum Gasteiger partial charge on any atom is 0.130 e. The Morgan fingerprint density at radius 1 is 0.778 bits per heavy atom. The number of methoxy groups -OCH3 is 4. The van der Waals surface area contributed by atoms with Gasteiger partial charge in [0.2, 0.25) is 0 Å². The Morgan fingerprint density at radius 3 is 1.86 bits per heavy atom. The molecule has 36 heavy (non-hydrogen) atoms. The number of hydrogen-bond acceptors (Lipinski definition) is 8. The van der Waals surface area contributed by atoms with Crippen LogP contribution in [0.25, 0.3) is 11.0 Å². The van der Waals surface area contributed by atoms with Crippen LogP contribution in [0.1, 0.15) is 22.3 Å². The van der Waals surface area contributed by atoms with E-state index in [9.17, 15) is 5.11 Å². The lowest BCUT2D eigenvalue weighted by Crippen LogP contribution is -2.24. The molecule has 0 spiro atoms. The first kappa shape index (κ1) is 25.1. The van der Waals surface area contributed by atoms with Gasteiger partial charge in [0, 0.05) is 42.5 Å². The Labute approximate surface area is 211 Å². The van der Waals surface area contributed by atoms with E-state index in [1.807, 2.05) is 55.5 Å². The molecule has 0 saturated heterocycles. The number of fused-ring (bicyclic) bond motifs is 1. The van der Waals surface area contributed by atoms with E-state index in [1.165, 1.54) is 0 Å². The van der Waals surface area contributed by atoms with Crippen LogP contribution in [0.5, 0.6) is 23.0 Å². The molecule has 1 N–H and O–H groups in total. The Kier molecular flexibility index (Phi) is 7.75. The fraction of sp³-hybridized carbons (Fsp3) is 0.286. The molecule has 8 heteroatoms. The number of aryl methyl sites for hydroxylation is 1. The number of aliphatic hydroxyl groups excluding tert-OH is 1. The second kappa shape index (κ2) is 11.1. The van der Waals surface area contributed by atoms with Crippen molar-refractivity contribution < 1.29 is 24.1 Å². The number of anilines is 1. The summed E-state index contributed by atoms with van der Waals surface area (Å²) >= 11 is 0. The monoisotopic (exact) mass is 489 g/mol. The number of nitrogens with zero attached hydrogens (tertiary/aromatic N) is 3. The van der Waals surface area contributed by atoms with Crippen molar-refractivity contribution >= 4 is 16.9 Å². The number of ether oxygens (including phenoxy) is 4. The first-order chi connectivity index (χ1) is 17.5. The van der Waals surface area contributed by atoms with Gasteiger partial charge >= 0.3 is 0 Å². The van der Waals surface area contributed by atoms with Gasteiger partial charge in [0.15, 0.2) is 0 Å². The molecule has 2 heterocycles. The summed E-state index contributed by atoms with van der Waals surface area (Å²) in [7, 11) is 6.56. The number of pyridine rings is 2. The van der Waals surface area contributed by atoms with Gasteiger partial charge in [-0.25, -0.2) is 4.98 Å². The summed E-state index contributed by atoms with van der Waals surface area (Å²) in [6, 6.07) is 15.5. The van der Waals surface area contributed by atoms with Crippen molar-refractivity contribution in [1.29, 1.82) is 0 Å². The summed E-state index contributed by atoms with van der Waals surface area (Å²) in [5, 5.41) is 9.61. The molecule has 0 aliphatic heterocycles. The predicted octanol–water partition coefficient (Wildman–Crippen LogP) is 4.67. The Bertz CT molecular complexity index is 1300. The molecular formula is C28H31N3O5. The van der Waals surface area contributed by atoms with Crippen LogP contribution < -0.4 is 23.8 Å². The number of benzene rings is 2. The van der Waals surface area contributed by atoms with Crippen molar-refractivity contribution in [2.24, 2.45) is 0 Å². The molecule has 188 valence electrons. The zero-order valence-corrected chi connectivity index (χ0v) is 21.2. The zero-order valence-electron chi connectivity index (χ0n) is 21.2. The molecule has 4 rings (SSSR count). The fourth-order valence-electron chi connectivity index (χ4n) is 4.14. The Morgan fingerprint density at radius 2 is 1.36 bits per heavy atom. The van der Waals surface area contributed by atoms with Crippen molar-refractivity contribution in [3.8, 4) is 23.0 Å². The van der Waals surface area contributed by atoms with Crippen LogP contribution in [0.3, 0.4) is 0 Å². The van der Waals surface area contributed by atoms with E-state index in [0.717, 1.165) is 56.5 Å². The molecule has 0 unspecified atom stereocenters. The normalized spacial score (nSPS) is 10.8. The standard InChI is InChI=1S/C28H31N3O5/c1-18-10-27(30-24-11-19(17-32)14-29-28(18)24)31(15-20-6-8-22(33-2)12-25(20)35-4)16-21-7-9-23(34-3)13-26(21)36-5/h6-14,32H,15-17H2,1-5H3. The van der Waals surface area contributed by atoms with E-state index in [4.69, 9.17) is 23.9 Å². The maximum absolute atomic E-state index is 9.61. The number of aliphatic hydroxyl groups is 1. The SMILES string of the molecule is COc1ccc(CN(Cc2ccc(OC)cc2OC)c2cc(C)c3ncc(CO)cc3n2)c(OC)c1. The van der Waals surface area contributed by atoms with Crippen LogP contribution in [-0.2, 0) is 19.7 Å². The van der Waals surface area contributed by atoms with E-state index in [-0.39, 0.29) is 6.61 Å². The maximum atomic E-state index is 9.61. The van der Waals surface area contributed by atoms with Crippen LogP contribution in [0.4, 0.5) is 5.82 Å². The molecule has 0 bridgehead atoms. The summed E-state index contributed by atoms with van der Waals surface area (Å²) < 4.78 is 22.1. The highest BCUT2D eigenvalue weighted by atomic mass is 16.5. The van der Waals surface area contributed by atoms with Crippen molar-refractivity contribution in [2.45, 2.75) is 26.6 Å². The van der Waals surface area contributed by atoms with Gasteiger partial charge in [-0.1, -0.05) is 0 Å². The first-order valence-electron chi connectivity index (χ1n) is 11.5. The average Bonchev–Trinajstić information content (AvgIpc) is 2.92. The van der Waals surface area contributed by atoms with E-state index < -0.39 is 0 Å². The van der Waals surface area contributed by atoms with Crippen LogP contribution in [-0.4, -0.2) is 43.5 Å². The number of hydrogen-bond donors (Lipinski definition) is 1. The molecule has 0 saturated carbocycles. The van der Waals surface area contributed by atoms with Crippen molar-refractivity contribution in [2.75, 3.05) is 33.3 Å². The molecule has 2 aromatic heterocycles. The van der Waals surface area contributed by atoms with Crippen molar-refractivity contribution in [3.63, 3.8) is 0 Å². The molecule has 0 atom stereocenters. The van der Waals surface area contributed by atoms with E-state index >= 15 is 0 Å². The van der Waals surface area contributed by atoms with E-state index in [1.54, 1.807) is 34.6 Å². The molecule has 4 aromatic rings. The summed E-state index contributed by atoms with van der Waals surface area (Å²) in [6.45, 7) is 2.96. The summed E-state index contributed by atoms with van der Waals surface area (Å²) in [6.07, 6.45) is 1.68. The van der Waals surface area contributed by atoms with Gasteiger partial charge in [-0.05, 0) is 54.4 Å². The highest BCUT2D eigenvalue weighted by Crippen LogP contribution is 2.32. The van der Waals surface area contributed by atoms with Gasteiger partial charge in [0.05, 0.1) is 46.1 Å². The van der Waals surface area contributed by atoms with Gasteiger partial charge in [-0.3, -0.25) is 4.98 Å². The first-order valence-corrected chi connectivity index (χ1v) is 11.5. The minimum Gasteiger partial charge on any atom is -0.497 e. The lowest BCUT2D eigenvalue weighted by atomic mass is 10.1. The molecule has 2 aromatic carbocycles. The van der Waals surface area contributed by atoms with Gasteiger partial charge in [-0.2, -0.15) is 0 Å². The molecule has 0 aliphatic rings. The summed E-state index contributed by atoms with van der Waals surface area (Å²) in [5.41, 5.74) is 5.20. The molecule has 0 amide bonds. The minimum atomic E-state index is -0.0935. The van der Waals surface area contributed by atoms with Crippen LogP contribution in [0.15, 0.2) is 54.7 Å². The average molecular weight is 490 g/mol. The smallest absolute Gasteiger partial charge is 0.130 e. The highest BCUT2D eigenvalue weighted by Gasteiger charge is 2.18. The van der Waals surface area contributed by atoms with E-state index in [2.05, 4.69) is 9.88 Å². The largest absolute Gasteiger partial charge is 0.497 e. The summed E-state index contributed by atoms with van der Waals surface area (Å²) in [5.74, 6) is 3.67. The quantitative estimate of drug-likeness (QED) is 0.344. The lowest BCUT2D eigenvalue weighted by Gasteiger charge is -2.27. The lowest BCUT2D eigenvalue weighted by molar-refractivity contribution is 0.281. The molecular weight excluding hydrogens is 458 g/mol. The second-order valence-corrected chi connectivity index (χ2v) is 8.38. The van der Waals surface area contributed by atoms with Gasteiger partial charge in [0.1, 0.15) is 28.8 Å². The third-order valence-corrected chi connectivity index (χ3v) is 6.10. The minimum absolute atomic E-state index is 0.0935. The van der Waals surface area contributed by atoms with Crippen LogP contribution in [0, 0.1) is 6.92 Å². The highest BCUT2D eigenvalue weighted by molar-refractivity contribution is 5.80. The van der Waals surface area contributed by atoms with E-state index in [0.29, 0.717) is 18.7 Å². The number of rotatable bonds is 10. The molecule has 8 nitrogen and oxygen atoms in total. The van der Waals surface area contributed by atoms with Gasteiger partial charge in [-0.15, -0.1) is 0 Å². The molecule has 0 aliphatic carbocycles. The predicted molar refractivity (Wildman–Crippen MR) is 139 cm³/mol. The van der Waals surface area contributed by atoms with Gasteiger partial charge < -0.3 is 29.0 Å². The number of aromatic nitrogens is 2.